The second-order valence-corrected chi connectivity index (χ2v) is 4.20. The minimum atomic E-state index is -0.878. The van der Waals surface area contributed by atoms with E-state index >= 15 is 0 Å². The Morgan fingerprint density at radius 1 is 1.33 bits per heavy atom. The van der Waals surface area contributed by atoms with Gasteiger partial charge in [0, 0.05) is 0 Å². The van der Waals surface area contributed by atoms with Crippen molar-refractivity contribution in [2.24, 2.45) is 0 Å². The molecule has 1 aliphatic heterocycles. The molecule has 18 heavy (non-hydrogen) atoms. The number of ether oxygens (including phenoxy) is 2. The summed E-state index contributed by atoms with van der Waals surface area (Å²) in [5, 5.41) is 9.95. The van der Waals surface area contributed by atoms with Crippen LogP contribution in [0.3, 0.4) is 0 Å². The molecule has 1 N–H and O–H groups in total. The van der Waals surface area contributed by atoms with Crippen LogP contribution in [0.15, 0.2) is 42.2 Å². The number of carbonyl (C=O) groups excluding carboxylic acids is 1. The van der Waals surface area contributed by atoms with Crippen LogP contribution in [0.1, 0.15) is 12.0 Å². The molecule has 0 saturated carbocycles. The highest BCUT2D eigenvalue weighted by Gasteiger charge is 2.31. The molecule has 0 aliphatic carbocycles. The Balaban J connectivity index is 1.98. The average Bonchev–Trinajstić information content (AvgIpc) is 2.40. The summed E-state index contributed by atoms with van der Waals surface area (Å²) in [6, 6.07) is 9.87. The lowest BCUT2D eigenvalue weighted by molar-refractivity contribution is -0.153. The van der Waals surface area contributed by atoms with Gasteiger partial charge in [0.2, 0.25) is 0 Å². The van der Waals surface area contributed by atoms with Gasteiger partial charge in [0.05, 0.1) is 13.2 Å². The van der Waals surface area contributed by atoms with Crippen LogP contribution in [0.2, 0.25) is 0 Å². The molecule has 0 fully saturated rings. The fourth-order valence-corrected chi connectivity index (χ4v) is 1.98. The third-order valence-electron chi connectivity index (χ3n) is 2.97. The Bertz CT molecular complexity index is 438. The van der Waals surface area contributed by atoms with Gasteiger partial charge in [-0.25, -0.2) is 4.79 Å². The highest BCUT2D eigenvalue weighted by Crippen LogP contribution is 2.21. The maximum atomic E-state index is 11.3. The molecule has 0 spiro atoms. The second-order valence-electron chi connectivity index (χ2n) is 4.20. The topological polar surface area (TPSA) is 55.8 Å². The van der Waals surface area contributed by atoms with Gasteiger partial charge in [-0.1, -0.05) is 30.3 Å². The minimum Gasteiger partial charge on any atom is -0.498 e. The molecule has 1 aliphatic rings. The Labute approximate surface area is 106 Å². The SMILES string of the molecule is COC1=CC(=O)OC(CCc2ccccc2)[C@@H]1O. The summed E-state index contributed by atoms with van der Waals surface area (Å²) in [5.74, 6) is -0.195. The molecule has 0 bridgehead atoms. The first kappa shape index (κ1) is 12.6. The molecule has 2 atom stereocenters. The van der Waals surface area contributed by atoms with Gasteiger partial charge < -0.3 is 14.6 Å². The molecule has 4 heteroatoms. The number of rotatable bonds is 4. The molecule has 96 valence electrons. The Hall–Kier alpha value is -1.81. The first-order valence-electron chi connectivity index (χ1n) is 5.89. The number of carbonyl (C=O) groups is 1. The summed E-state index contributed by atoms with van der Waals surface area (Å²) < 4.78 is 10.1. The maximum absolute atomic E-state index is 11.3. The summed E-state index contributed by atoms with van der Waals surface area (Å²) in [6.07, 6.45) is 1.07. The third-order valence-corrected chi connectivity index (χ3v) is 2.97. The molecule has 1 aromatic carbocycles. The molecule has 1 aromatic rings. The third kappa shape index (κ3) is 2.90. The van der Waals surface area contributed by atoms with Crippen LogP contribution in [-0.4, -0.2) is 30.4 Å². The van der Waals surface area contributed by atoms with Crippen molar-refractivity contribution in [3.63, 3.8) is 0 Å². The molecule has 4 nitrogen and oxygen atoms in total. The summed E-state index contributed by atoms with van der Waals surface area (Å²) in [6.45, 7) is 0. The number of esters is 1. The predicted octanol–water partition coefficient (Wildman–Crippen LogP) is 1.44. The van der Waals surface area contributed by atoms with E-state index in [4.69, 9.17) is 9.47 Å². The fourth-order valence-electron chi connectivity index (χ4n) is 1.98. The molecule has 0 aromatic heterocycles. The largest absolute Gasteiger partial charge is 0.498 e. The lowest BCUT2D eigenvalue weighted by Crippen LogP contribution is -2.37. The molecule has 2 rings (SSSR count). The molecule has 0 radical (unpaired) electrons. The van der Waals surface area contributed by atoms with Crippen LogP contribution in [0.5, 0.6) is 0 Å². The standard InChI is InChI=1S/C14H16O4/c1-17-12-9-13(15)18-11(14(12)16)8-7-10-5-3-2-4-6-10/h2-6,9,11,14,16H,7-8H2,1H3/t11?,14-/m0/s1. The molecule has 1 unspecified atom stereocenters. The van der Waals surface area contributed by atoms with E-state index in [1.807, 2.05) is 30.3 Å². The van der Waals surface area contributed by atoms with Crippen molar-refractivity contribution < 1.29 is 19.4 Å². The van der Waals surface area contributed by atoms with Crippen molar-refractivity contribution in [1.29, 1.82) is 0 Å². The van der Waals surface area contributed by atoms with Gasteiger partial charge in [0.1, 0.15) is 18.0 Å². The van der Waals surface area contributed by atoms with Crippen LogP contribution in [0.25, 0.3) is 0 Å². The Morgan fingerprint density at radius 3 is 2.72 bits per heavy atom. The van der Waals surface area contributed by atoms with Crippen molar-refractivity contribution in [3.8, 4) is 0 Å². The molecule has 1 heterocycles. The van der Waals surface area contributed by atoms with E-state index in [1.54, 1.807) is 0 Å². The first-order valence-corrected chi connectivity index (χ1v) is 5.89. The van der Waals surface area contributed by atoms with Crippen molar-refractivity contribution in [3.05, 3.63) is 47.7 Å². The highest BCUT2D eigenvalue weighted by atomic mass is 16.6. The normalized spacial score (nSPS) is 23.2. The monoisotopic (exact) mass is 248 g/mol. The van der Waals surface area contributed by atoms with Crippen LogP contribution < -0.4 is 0 Å². The smallest absolute Gasteiger partial charge is 0.334 e. The van der Waals surface area contributed by atoms with E-state index in [9.17, 15) is 9.90 Å². The average molecular weight is 248 g/mol. The van der Waals surface area contributed by atoms with Gasteiger partial charge in [-0.2, -0.15) is 0 Å². The van der Waals surface area contributed by atoms with Crippen LogP contribution >= 0.6 is 0 Å². The number of aliphatic hydroxyl groups is 1. The summed E-state index contributed by atoms with van der Waals surface area (Å²) in [7, 11) is 1.43. The zero-order valence-corrected chi connectivity index (χ0v) is 10.2. The number of benzene rings is 1. The zero-order valence-electron chi connectivity index (χ0n) is 10.2. The summed E-state index contributed by atoms with van der Waals surface area (Å²) in [5.41, 5.74) is 1.15. The summed E-state index contributed by atoms with van der Waals surface area (Å²) >= 11 is 0. The van der Waals surface area contributed by atoms with Gasteiger partial charge in [-0.15, -0.1) is 0 Å². The number of methoxy groups -OCH3 is 1. The Kier molecular flexibility index (Phi) is 3.99. The van der Waals surface area contributed by atoms with E-state index in [-0.39, 0.29) is 5.76 Å². The second kappa shape index (κ2) is 5.69. The van der Waals surface area contributed by atoms with Gasteiger partial charge in [0.25, 0.3) is 0 Å². The van der Waals surface area contributed by atoms with E-state index in [1.165, 1.54) is 13.2 Å². The van der Waals surface area contributed by atoms with Gasteiger partial charge in [-0.3, -0.25) is 0 Å². The van der Waals surface area contributed by atoms with Crippen LogP contribution in [0.4, 0.5) is 0 Å². The maximum Gasteiger partial charge on any atom is 0.334 e. The minimum absolute atomic E-state index is 0.268. The number of hydrogen-bond donors (Lipinski definition) is 1. The van der Waals surface area contributed by atoms with E-state index in [2.05, 4.69) is 0 Å². The van der Waals surface area contributed by atoms with E-state index < -0.39 is 18.2 Å². The predicted molar refractivity (Wildman–Crippen MR) is 65.7 cm³/mol. The van der Waals surface area contributed by atoms with Crippen molar-refractivity contribution in [2.45, 2.75) is 25.0 Å². The number of cyclic esters (lactones) is 1. The zero-order chi connectivity index (χ0) is 13.0. The van der Waals surface area contributed by atoms with Crippen molar-refractivity contribution in [2.75, 3.05) is 7.11 Å². The number of aryl methyl sites for hydroxylation is 1. The van der Waals surface area contributed by atoms with Gasteiger partial charge in [-0.05, 0) is 18.4 Å². The number of aliphatic hydroxyl groups excluding tert-OH is 1. The lowest BCUT2D eigenvalue weighted by Gasteiger charge is -2.27. The molecule has 0 saturated heterocycles. The Morgan fingerprint density at radius 2 is 2.06 bits per heavy atom. The van der Waals surface area contributed by atoms with Crippen LogP contribution in [0, 0.1) is 0 Å². The van der Waals surface area contributed by atoms with E-state index in [0.717, 1.165) is 12.0 Å². The van der Waals surface area contributed by atoms with E-state index in [0.29, 0.717) is 6.42 Å². The van der Waals surface area contributed by atoms with Crippen molar-refractivity contribution in [1.82, 2.24) is 0 Å². The molecular formula is C14H16O4. The van der Waals surface area contributed by atoms with Gasteiger partial charge in [0.15, 0.2) is 0 Å². The highest BCUT2D eigenvalue weighted by molar-refractivity contribution is 5.83. The summed E-state index contributed by atoms with van der Waals surface area (Å²) in [4.78, 5) is 11.3. The van der Waals surface area contributed by atoms with Gasteiger partial charge >= 0.3 is 5.97 Å². The number of hydrogen-bond acceptors (Lipinski definition) is 4. The molecule has 0 amide bonds. The fraction of sp³-hybridized carbons (Fsp3) is 0.357. The quantitative estimate of drug-likeness (QED) is 0.819. The molecular weight excluding hydrogens is 232 g/mol. The van der Waals surface area contributed by atoms with Crippen LogP contribution in [-0.2, 0) is 20.7 Å². The lowest BCUT2D eigenvalue weighted by atomic mass is 10.0. The first-order chi connectivity index (χ1) is 8.70. The van der Waals surface area contributed by atoms with Crippen molar-refractivity contribution >= 4 is 5.97 Å².